The van der Waals surface area contributed by atoms with Gasteiger partial charge in [-0.05, 0) is 48.2 Å². The van der Waals surface area contributed by atoms with E-state index in [1.165, 1.54) is 0 Å². The van der Waals surface area contributed by atoms with E-state index < -0.39 is 17.8 Å². The van der Waals surface area contributed by atoms with Gasteiger partial charge in [0.1, 0.15) is 18.1 Å². The van der Waals surface area contributed by atoms with Gasteiger partial charge in [-0.25, -0.2) is 0 Å². The molecule has 0 amide bonds. The zero-order valence-electron chi connectivity index (χ0n) is 20.2. The molecule has 2 aliphatic rings. The smallest absolute Gasteiger partial charge is 0.160 e. The molecule has 0 bridgehead atoms. The van der Waals surface area contributed by atoms with Crippen LogP contribution in [-0.2, 0) is 16.8 Å². The largest absolute Gasteiger partial charge is 0.492 e. The summed E-state index contributed by atoms with van der Waals surface area (Å²) in [5.74, 6) is 1.18. The maximum atomic E-state index is 12.0. The highest BCUT2D eigenvalue weighted by molar-refractivity contribution is 6.30. The molecule has 0 spiro atoms. The average Bonchev–Trinajstić information content (AvgIpc) is 3.22. The molecule has 0 aromatic heterocycles. The lowest BCUT2D eigenvalue weighted by Gasteiger charge is -2.34. The van der Waals surface area contributed by atoms with Crippen molar-refractivity contribution in [3.8, 4) is 11.5 Å². The number of hydrogen-bond acceptors (Lipinski definition) is 6. The van der Waals surface area contributed by atoms with Crippen LogP contribution in [0.15, 0.2) is 72.8 Å². The summed E-state index contributed by atoms with van der Waals surface area (Å²) in [6, 6.07) is 22.6. The van der Waals surface area contributed by atoms with Gasteiger partial charge in [-0.2, -0.15) is 0 Å². The van der Waals surface area contributed by atoms with E-state index in [0.717, 1.165) is 44.0 Å². The predicted octanol–water partition coefficient (Wildman–Crippen LogP) is 4.37. The summed E-state index contributed by atoms with van der Waals surface area (Å²) in [4.78, 5) is 2.31. The van der Waals surface area contributed by atoms with Crippen LogP contribution in [0.1, 0.15) is 29.2 Å². The summed E-state index contributed by atoms with van der Waals surface area (Å²) in [7, 11) is 0. The van der Waals surface area contributed by atoms with E-state index in [1.807, 2.05) is 48.5 Å². The molecule has 1 fully saturated rings. The van der Waals surface area contributed by atoms with Crippen molar-refractivity contribution in [2.75, 3.05) is 39.5 Å². The zero-order valence-corrected chi connectivity index (χ0v) is 20.9. The number of halogens is 1. The second-order valence-corrected chi connectivity index (χ2v) is 9.81. The summed E-state index contributed by atoms with van der Waals surface area (Å²) < 4.78 is 17.7. The molecule has 3 aromatic carbocycles. The molecule has 2 heterocycles. The normalized spacial score (nSPS) is 22.6. The topological polar surface area (TPSA) is 71.4 Å². The summed E-state index contributed by atoms with van der Waals surface area (Å²) >= 11 is 6.10. The Bertz CT molecular complexity index is 1140. The number of benzene rings is 3. The van der Waals surface area contributed by atoms with Crippen molar-refractivity contribution in [1.29, 1.82) is 0 Å². The molecule has 36 heavy (non-hydrogen) atoms. The molecule has 3 aromatic rings. The molecule has 190 valence electrons. The number of aryl methyl sites for hydroxylation is 1. The molecule has 0 radical (unpaired) electrons. The Morgan fingerprint density at radius 2 is 1.78 bits per heavy atom. The molecule has 7 heteroatoms. The Labute approximate surface area is 217 Å². The van der Waals surface area contributed by atoms with Gasteiger partial charge in [0.15, 0.2) is 11.7 Å². The Morgan fingerprint density at radius 3 is 2.53 bits per heavy atom. The Balaban J connectivity index is 1.36. The lowest BCUT2D eigenvalue weighted by Crippen LogP contribution is -2.43. The van der Waals surface area contributed by atoms with E-state index in [1.54, 1.807) is 24.3 Å². The lowest BCUT2D eigenvalue weighted by atomic mass is 9.79. The highest BCUT2D eigenvalue weighted by Crippen LogP contribution is 2.52. The average molecular weight is 510 g/mol. The minimum Gasteiger partial charge on any atom is -0.492 e. The molecule has 0 aliphatic carbocycles. The van der Waals surface area contributed by atoms with Gasteiger partial charge in [0.25, 0.3) is 0 Å². The van der Waals surface area contributed by atoms with Crippen molar-refractivity contribution in [3.63, 3.8) is 0 Å². The van der Waals surface area contributed by atoms with Crippen LogP contribution in [0.25, 0.3) is 0 Å². The monoisotopic (exact) mass is 509 g/mol. The van der Waals surface area contributed by atoms with Gasteiger partial charge >= 0.3 is 0 Å². The standard InChI is InChI=1S/C29H32ClNO5/c30-23-9-7-22(8-10-23)28-29(33,27(32)13-6-21-4-2-1-3-5-21)25-12-11-24(20-26(25)36-28)35-19-16-31-14-17-34-18-15-31/h1-5,7-12,20,27-28,32-33H,6,13-19H2/t27-,28+,29-/m0/s1. The maximum absolute atomic E-state index is 12.0. The molecule has 2 N–H and O–H groups in total. The summed E-state index contributed by atoms with van der Waals surface area (Å²) in [6.07, 6.45) is -0.812. The first-order valence-corrected chi connectivity index (χ1v) is 12.9. The Hall–Kier alpha value is -2.61. The van der Waals surface area contributed by atoms with Crippen LogP contribution < -0.4 is 9.47 Å². The number of ether oxygens (including phenoxy) is 3. The molecule has 0 saturated carbocycles. The molecule has 6 nitrogen and oxygen atoms in total. The van der Waals surface area contributed by atoms with Crippen molar-refractivity contribution in [1.82, 2.24) is 4.90 Å². The molecule has 1 saturated heterocycles. The zero-order chi connectivity index (χ0) is 25.0. The number of nitrogens with zero attached hydrogens (tertiary/aromatic N) is 1. The van der Waals surface area contributed by atoms with E-state index in [4.69, 9.17) is 25.8 Å². The summed E-state index contributed by atoms with van der Waals surface area (Å²) in [6.45, 7) is 4.69. The first kappa shape index (κ1) is 25.1. The van der Waals surface area contributed by atoms with E-state index in [-0.39, 0.29) is 0 Å². The van der Waals surface area contributed by atoms with Gasteiger partial charge in [0, 0.05) is 36.3 Å². The fourth-order valence-electron chi connectivity index (χ4n) is 4.98. The number of aliphatic hydroxyl groups excluding tert-OH is 1. The van der Waals surface area contributed by atoms with Crippen molar-refractivity contribution in [2.45, 2.75) is 30.7 Å². The maximum Gasteiger partial charge on any atom is 0.160 e. The molecule has 0 unspecified atom stereocenters. The van der Waals surface area contributed by atoms with Crippen molar-refractivity contribution < 1.29 is 24.4 Å². The third-order valence-corrected chi connectivity index (χ3v) is 7.29. The van der Waals surface area contributed by atoms with Crippen molar-refractivity contribution in [3.05, 3.63) is 94.5 Å². The van der Waals surface area contributed by atoms with E-state index in [2.05, 4.69) is 4.90 Å². The molecule has 5 rings (SSSR count). The lowest BCUT2D eigenvalue weighted by molar-refractivity contribution is -0.129. The molecule has 2 aliphatic heterocycles. The second kappa shape index (κ2) is 11.2. The number of hydrogen-bond donors (Lipinski definition) is 2. The Morgan fingerprint density at radius 1 is 1.03 bits per heavy atom. The van der Waals surface area contributed by atoms with E-state index in [9.17, 15) is 10.2 Å². The predicted molar refractivity (Wildman–Crippen MR) is 139 cm³/mol. The highest BCUT2D eigenvalue weighted by Gasteiger charge is 2.53. The van der Waals surface area contributed by atoms with E-state index >= 15 is 0 Å². The van der Waals surface area contributed by atoms with Gasteiger partial charge in [-0.1, -0.05) is 54.1 Å². The first-order valence-electron chi connectivity index (χ1n) is 12.5. The summed E-state index contributed by atoms with van der Waals surface area (Å²) in [5.41, 5.74) is 0.783. The third kappa shape index (κ3) is 5.38. The van der Waals surface area contributed by atoms with Crippen LogP contribution in [0, 0.1) is 0 Å². The van der Waals surface area contributed by atoms with Gasteiger partial charge < -0.3 is 24.4 Å². The van der Waals surface area contributed by atoms with Crippen LogP contribution >= 0.6 is 11.6 Å². The van der Waals surface area contributed by atoms with Gasteiger partial charge in [0.2, 0.25) is 0 Å². The second-order valence-electron chi connectivity index (χ2n) is 9.38. The summed E-state index contributed by atoms with van der Waals surface area (Å²) in [5, 5.41) is 24.0. The van der Waals surface area contributed by atoms with E-state index in [0.29, 0.717) is 41.5 Å². The minimum atomic E-state index is -1.62. The Kier molecular flexibility index (Phi) is 7.79. The number of rotatable bonds is 9. The van der Waals surface area contributed by atoms with Crippen LogP contribution in [0.2, 0.25) is 5.02 Å². The van der Waals surface area contributed by atoms with Crippen molar-refractivity contribution >= 4 is 11.6 Å². The van der Waals surface area contributed by atoms with Crippen LogP contribution in [0.5, 0.6) is 11.5 Å². The number of aliphatic hydroxyl groups is 2. The number of fused-ring (bicyclic) bond motifs is 1. The van der Waals surface area contributed by atoms with Gasteiger partial charge in [-0.15, -0.1) is 0 Å². The quantitative estimate of drug-likeness (QED) is 0.446. The van der Waals surface area contributed by atoms with Crippen LogP contribution in [-0.4, -0.2) is 60.7 Å². The third-order valence-electron chi connectivity index (χ3n) is 7.04. The fraction of sp³-hybridized carbons (Fsp3) is 0.379. The number of morpholine rings is 1. The molecular formula is C29H32ClNO5. The fourth-order valence-corrected chi connectivity index (χ4v) is 5.10. The SMILES string of the molecule is O[C@@H](CCc1ccccc1)[C@@]1(O)c2ccc(OCCN3CCOCC3)cc2O[C@@H]1c1ccc(Cl)cc1. The van der Waals surface area contributed by atoms with Crippen molar-refractivity contribution in [2.24, 2.45) is 0 Å². The van der Waals surface area contributed by atoms with Crippen LogP contribution in [0.3, 0.4) is 0 Å². The van der Waals surface area contributed by atoms with Gasteiger partial charge in [0.05, 0.1) is 19.3 Å². The molecule has 3 atom stereocenters. The highest BCUT2D eigenvalue weighted by atomic mass is 35.5. The van der Waals surface area contributed by atoms with Gasteiger partial charge in [-0.3, -0.25) is 4.90 Å². The van der Waals surface area contributed by atoms with Crippen LogP contribution in [0.4, 0.5) is 0 Å². The minimum absolute atomic E-state index is 0.380. The first-order chi connectivity index (χ1) is 17.5. The molecular weight excluding hydrogens is 478 g/mol.